The standard InChI is InChI=1S/C11H17N3O2/c1-7-5-9(6-8(2)15-7)16-11-10(12)13-3-4-14-11/h3-4,7-9H,5-6H2,1-2H3,(H2,12,13). The van der Waals surface area contributed by atoms with Gasteiger partial charge in [-0.15, -0.1) is 0 Å². The first kappa shape index (κ1) is 11.1. The van der Waals surface area contributed by atoms with Crippen molar-refractivity contribution >= 4 is 5.82 Å². The van der Waals surface area contributed by atoms with Crippen LogP contribution in [0.4, 0.5) is 5.82 Å². The van der Waals surface area contributed by atoms with Crippen LogP contribution in [0.5, 0.6) is 5.88 Å². The van der Waals surface area contributed by atoms with Gasteiger partial charge in [0.05, 0.1) is 12.2 Å². The Kier molecular flexibility index (Phi) is 3.24. The van der Waals surface area contributed by atoms with E-state index in [9.17, 15) is 0 Å². The Morgan fingerprint density at radius 2 is 1.88 bits per heavy atom. The predicted octanol–water partition coefficient (Wildman–Crippen LogP) is 1.39. The first-order valence-corrected chi connectivity index (χ1v) is 5.53. The fraction of sp³-hybridized carbons (Fsp3) is 0.636. The summed E-state index contributed by atoms with van der Waals surface area (Å²) in [5.74, 6) is 0.767. The molecule has 16 heavy (non-hydrogen) atoms. The maximum atomic E-state index is 5.75. The third kappa shape index (κ3) is 2.61. The van der Waals surface area contributed by atoms with E-state index in [1.807, 2.05) is 13.8 Å². The van der Waals surface area contributed by atoms with Gasteiger partial charge in [-0.2, -0.15) is 0 Å². The minimum atomic E-state index is 0.109. The molecule has 5 heteroatoms. The molecule has 1 aliphatic rings. The van der Waals surface area contributed by atoms with Crippen molar-refractivity contribution in [2.45, 2.75) is 45.0 Å². The molecule has 0 bridgehead atoms. The summed E-state index contributed by atoms with van der Waals surface area (Å²) in [7, 11) is 0. The van der Waals surface area contributed by atoms with Crippen LogP contribution in [0.15, 0.2) is 12.4 Å². The molecule has 0 aromatic carbocycles. The normalized spacial score (nSPS) is 30.0. The molecule has 1 aromatic heterocycles. The Hall–Kier alpha value is -1.36. The number of nitrogen functional groups attached to an aromatic ring is 1. The number of nitrogens with two attached hydrogens (primary N) is 1. The fourth-order valence-corrected chi connectivity index (χ4v) is 2.03. The molecule has 2 rings (SSSR count). The summed E-state index contributed by atoms with van der Waals surface area (Å²) in [5.41, 5.74) is 5.68. The number of anilines is 1. The SMILES string of the molecule is CC1CC(Oc2nccnc2N)CC(C)O1. The number of hydrogen-bond donors (Lipinski definition) is 1. The lowest BCUT2D eigenvalue weighted by Crippen LogP contribution is -2.36. The molecule has 0 amide bonds. The van der Waals surface area contributed by atoms with Gasteiger partial charge in [-0.1, -0.05) is 0 Å². The Morgan fingerprint density at radius 3 is 2.50 bits per heavy atom. The van der Waals surface area contributed by atoms with E-state index in [2.05, 4.69) is 9.97 Å². The van der Waals surface area contributed by atoms with Crippen LogP contribution in [0.1, 0.15) is 26.7 Å². The second-order valence-electron chi connectivity index (χ2n) is 4.22. The minimum absolute atomic E-state index is 0.109. The van der Waals surface area contributed by atoms with Crippen molar-refractivity contribution in [3.05, 3.63) is 12.4 Å². The maximum absolute atomic E-state index is 5.75. The highest BCUT2D eigenvalue weighted by molar-refractivity contribution is 5.38. The Bertz CT molecular complexity index is 349. The van der Waals surface area contributed by atoms with Gasteiger partial charge in [0.15, 0.2) is 5.82 Å². The van der Waals surface area contributed by atoms with Gasteiger partial charge in [0.25, 0.3) is 5.88 Å². The van der Waals surface area contributed by atoms with E-state index >= 15 is 0 Å². The van der Waals surface area contributed by atoms with Crippen LogP contribution in [-0.4, -0.2) is 28.3 Å². The molecule has 0 radical (unpaired) electrons. The molecule has 5 nitrogen and oxygen atoms in total. The van der Waals surface area contributed by atoms with E-state index in [0.29, 0.717) is 11.7 Å². The molecular formula is C11H17N3O2. The first-order chi connectivity index (χ1) is 7.65. The summed E-state index contributed by atoms with van der Waals surface area (Å²) >= 11 is 0. The summed E-state index contributed by atoms with van der Waals surface area (Å²) < 4.78 is 11.4. The molecule has 0 aliphatic carbocycles. The van der Waals surface area contributed by atoms with Crippen molar-refractivity contribution in [1.82, 2.24) is 9.97 Å². The summed E-state index contributed by atoms with van der Waals surface area (Å²) in [6, 6.07) is 0. The van der Waals surface area contributed by atoms with Crippen molar-refractivity contribution < 1.29 is 9.47 Å². The predicted molar refractivity (Wildman–Crippen MR) is 60.1 cm³/mol. The molecule has 2 atom stereocenters. The van der Waals surface area contributed by atoms with Gasteiger partial charge in [-0.25, -0.2) is 9.97 Å². The second-order valence-corrected chi connectivity index (χ2v) is 4.22. The lowest BCUT2D eigenvalue weighted by Gasteiger charge is -2.31. The molecule has 1 aliphatic heterocycles. The van der Waals surface area contributed by atoms with Gasteiger partial charge in [0, 0.05) is 25.2 Å². The van der Waals surface area contributed by atoms with Crippen molar-refractivity contribution in [3.63, 3.8) is 0 Å². The summed E-state index contributed by atoms with van der Waals surface area (Å²) in [5, 5.41) is 0. The first-order valence-electron chi connectivity index (χ1n) is 5.53. The van der Waals surface area contributed by atoms with Gasteiger partial charge in [-0.3, -0.25) is 0 Å². The third-order valence-electron chi connectivity index (χ3n) is 2.62. The van der Waals surface area contributed by atoms with Gasteiger partial charge < -0.3 is 15.2 Å². The zero-order valence-corrected chi connectivity index (χ0v) is 9.59. The van der Waals surface area contributed by atoms with E-state index in [4.69, 9.17) is 15.2 Å². The molecule has 1 fully saturated rings. The average Bonchev–Trinajstić information content (AvgIpc) is 2.20. The van der Waals surface area contributed by atoms with Gasteiger partial charge in [0.2, 0.25) is 0 Å². The highest BCUT2D eigenvalue weighted by atomic mass is 16.5. The fourth-order valence-electron chi connectivity index (χ4n) is 2.03. The van der Waals surface area contributed by atoms with Crippen LogP contribution in [0.2, 0.25) is 0 Å². The average molecular weight is 223 g/mol. The summed E-state index contributed by atoms with van der Waals surface area (Å²) in [4.78, 5) is 8.01. The zero-order valence-electron chi connectivity index (χ0n) is 9.59. The van der Waals surface area contributed by atoms with Gasteiger partial charge in [0.1, 0.15) is 6.10 Å². The summed E-state index contributed by atoms with van der Waals surface area (Å²) in [6.45, 7) is 4.10. The minimum Gasteiger partial charge on any atom is -0.472 e. The van der Waals surface area contributed by atoms with Gasteiger partial charge in [-0.05, 0) is 13.8 Å². The largest absolute Gasteiger partial charge is 0.472 e. The van der Waals surface area contributed by atoms with E-state index < -0.39 is 0 Å². The number of aromatic nitrogens is 2. The highest BCUT2D eigenvalue weighted by Gasteiger charge is 2.26. The van der Waals surface area contributed by atoms with Crippen molar-refractivity contribution in [1.29, 1.82) is 0 Å². The van der Waals surface area contributed by atoms with Crippen LogP contribution >= 0.6 is 0 Å². The Labute approximate surface area is 95.0 Å². The topological polar surface area (TPSA) is 70.3 Å². The molecule has 2 unspecified atom stereocenters. The van der Waals surface area contributed by atoms with E-state index in [-0.39, 0.29) is 18.3 Å². The Morgan fingerprint density at radius 1 is 1.25 bits per heavy atom. The lowest BCUT2D eigenvalue weighted by molar-refractivity contribution is -0.0728. The van der Waals surface area contributed by atoms with Gasteiger partial charge >= 0.3 is 0 Å². The second kappa shape index (κ2) is 4.65. The van der Waals surface area contributed by atoms with E-state index in [1.165, 1.54) is 0 Å². The zero-order chi connectivity index (χ0) is 11.5. The molecule has 1 saturated heterocycles. The van der Waals surface area contributed by atoms with Crippen molar-refractivity contribution in [2.75, 3.05) is 5.73 Å². The molecular weight excluding hydrogens is 206 g/mol. The number of ether oxygens (including phenoxy) is 2. The van der Waals surface area contributed by atoms with Crippen molar-refractivity contribution in [3.8, 4) is 5.88 Å². The summed E-state index contributed by atoms with van der Waals surface area (Å²) in [6.07, 6.45) is 5.40. The Balaban J connectivity index is 2.02. The van der Waals surface area contributed by atoms with Crippen LogP contribution in [0.3, 0.4) is 0 Å². The maximum Gasteiger partial charge on any atom is 0.257 e. The monoisotopic (exact) mass is 223 g/mol. The highest BCUT2D eigenvalue weighted by Crippen LogP contribution is 2.24. The molecule has 0 saturated carbocycles. The molecule has 1 aromatic rings. The van der Waals surface area contributed by atoms with Crippen LogP contribution in [0, 0.1) is 0 Å². The quantitative estimate of drug-likeness (QED) is 0.820. The van der Waals surface area contributed by atoms with E-state index in [1.54, 1.807) is 12.4 Å². The number of rotatable bonds is 2. The van der Waals surface area contributed by atoms with E-state index in [0.717, 1.165) is 12.8 Å². The van der Waals surface area contributed by atoms with Crippen molar-refractivity contribution in [2.24, 2.45) is 0 Å². The van der Waals surface area contributed by atoms with Crippen LogP contribution in [0.25, 0.3) is 0 Å². The third-order valence-corrected chi connectivity index (χ3v) is 2.62. The smallest absolute Gasteiger partial charge is 0.257 e. The molecule has 88 valence electrons. The molecule has 2 N–H and O–H groups in total. The van der Waals surface area contributed by atoms with Crippen LogP contribution in [-0.2, 0) is 4.74 Å². The molecule has 2 heterocycles. The van der Waals surface area contributed by atoms with Crippen LogP contribution < -0.4 is 10.5 Å². The number of hydrogen-bond acceptors (Lipinski definition) is 5. The molecule has 0 spiro atoms. The number of nitrogens with zero attached hydrogens (tertiary/aromatic N) is 2. The lowest BCUT2D eigenvalue weighted by atomic mass is 10.0.